The fourth-order valence-electron chi connectivity index (χ4n) is 3.28. The maximum absolute atomic E-state index is 11.0. The first-order valence-electron chi connectivity index (χ1n) is 7.98. The Kier molecular flexibility index (Phi) is 5.29. The summed E-state index contributed by atoms with van der Waals surface area (Å²) in [5, 5.41) is 11.0. The molecule has 0 spiro atoms. The number of benzene rings is 2. The molecule has 0 aliphatic carbocycles. The predicted octanol–water partition coefficient (Wildman–Crippen LogP) is 4.71. The van der Waals surface area contributed by atoms with Crippen molar-refractivity contribution < 1.29 is 5.11 Å². The van der Waals surface area contributed by atoms with Gasteiger partial charge in [0.1, 0.15) is 0 Å². The van der Waals surface area contributed by atoms with Crippen LogP contribution in [0.25, 0.3) is 0 Å². The van der Waals surface area contributed by atoms with Gasteiger partial charge in [0.2, 0.25) is 0 Å². The summed E-state index contributed by atoms with van der Waals surface area (Å²) in [5.74, 6) is 0. The summed E-state index contributed by atoms with van der Waals surface area (Å²) >= 11 is 3.46. The van der Waals surface area contributed by atoms with Crippen molar-refractivity contribution in [2.24, 2.45) is 0 Å². The highest BCUT2D eigenvalue weighted by atomic mass is 79.9. The topological polar surface area (TPSA) is 23.5 Å². The van der Waals surface area contributed by atoms with Crippen LogP contribution < -0.4 is 0 Å². The van der Waals surface area contributed by atoms with E-state index in [0.29, 0.717) is 0 Å². The second-order valence-corrected chi connectivity index (χ2v) is 6.86. The van der Waals surface area contributed by atoms with E-state index in [1.165, 1.54) is 24.8 Å². The summed E-state index contributed by atoms with van der Waals surface area (Å²) in [7, 11) is 0. The molecule has 2 nitrogen and oxygen atoms in total. The van der Waals surface area contributed by atoms with Gasteiger partial charge < -0.3 is 5.11 Å². The SMILES string of the molecule is O[C@@H](c1ccc(Br)cc1)[C@@H](c1ccccc1)N1CCCCC1. The summed E-state index contributed by atoms with van der Waals surface area (Å²) < 4.78 is 1.04. The highest BCUT2D eigenvalue weighted by Gasteiger charge is 2.29. The summed E-state index contributed by atoms with van der Waals surface area (Å²) in [4.78, 5) is 2.44. The third-order valence-corrected chi connectivity index (χ3v) is 4.96. The van der Waals surface area contributed by atoms with Crippen LogP contribution in [0.2, 0.25) is 0 Å². The molecule has 0 aromatic heterocycles. The molecule has 1 aliphatic rings. The van der Waals surface area contributed by atoms with Crippen molar-refractivity contribution in [3.05, 3.63) is 70.2 Å². The zero-order chi connectivity index (χ0) is 15.4. The van der Waals surface area contributed by atoms with Gasteiger partial charge in [-0.2, -0.15) is 0 Å². The van der Waals surface area contributed by atoms with E-state index in [0.717, 1.165) is 23.1 Å². The molecule has 1 fully saturated rings. The Bertz CT molecular complexity index is 578. The minimum atomic E-state index is -0.506. The van der Waals surface area contributed by atoms with Gasteiger partial charge in [0.15, 0.2) is 0 Å². The number of aliphatic hydroxyl groups is 1. The molecule has 3 rings (SSSR count). The van der Waals surface area contributed by atoms with Crippen molar-refractivity contribution in [1.82, 2.24) is 4.90 Å². The Morgan fingerprint density at radius 3 is 2.09 bits per heavy atom. The Morgan fingerprint density at radius 2 is 1.45 bits per heavy atom. The molecule has 2 atom stereocenters. The molecule has 116 valence electrons. The molecule has 1 saturated heterocycles. The van der Waals surface area contributed by atoms with E-state index >= 15 is 0 Å². The van der Waals surface area contributed by atoms with Gasteiger partial charge in [-0.25, -0.2) is 0 Å². The largest absolute Gasteiger partial charge is 0.386 e. The molecule has 1 aliphatic heterocycles. The highest BCUT2D eigenvalue weighted by Crippen LogP contribution is 2.36. The van der Waals surface area contributed by atoms with Gasteiger partial charge in [-0.1, -0.05) is 64.8 Å². The number of hydrogen-bond acceptors (Lipinski definition) is 2. The molecule has 2 aromatic carbocycles. The smallest absolute Gasteiger partial charge is 0.0986 e. The molecule has 3 heteroatoms. The quantitative estimate of drug-likeness (QED) is 0.854. The minimum absolute atomic E-state index is 0.0303. The fraction of sp³-hybridized carbons (Fsp3) is 0.368. The molecule has 1 heterocycles. The zero-order valence-electron chi connectivity index (χ0n) is 12.7. The lowest BCUT2D eigenvalue weighted by Gasteiger charge is -2.37. The van der Waals surface area contributed by atoms with Crippen LogP contribution in [0.5, 0.6) is 0 Å². The normalized spacial score (nSPS) is 18.8. The number of rotatable bonds is 4. The number of piperidine rings is 1. The van der Waals surface area contributed by atoms with Crippen molar-refractivity contribution in [3.8, 4) is 0 Å². The van der Waals surface area contributed by atoms with Crippen LogP contribution in [-0.2, 0) is 0 Å². The van der Waals surface area contributed by atoms with E-state index in [1.54, 1.807) is 0 Å². The number of nitrogens with zero attached hydrogens (tertiary/aromatic N) is 1. The molecule has 0 amide bonds. The molecular formula is C19H22BrNO. The number of likely N-dealkylation sites (tertiary alicyclic amines) is 1. The molecule has 0 saturated carbocycles. The summed E-state index contributed by atoms with van der Waals surface area (Å²) in [6.45, 7) is 2.13. The minimum Gasteiger partial charge on any atom is -0.386 e. The molecule has 2 aromatic rings. The molecular weight excluding hydrogens is 338 g/mol. The number of halogens is 1. The van der Waals surface area contributed by atoms with E-state index < -0.39 is 6.10 Å². The van der Waals surface area contributed by atoms with Gasteiger partial charge in [0.05, 0.1) is 12.1 Å². The lowest BCUT2D eigenvalue weighted by molar-refractivity contribution is 0.0362. The summed E-state index contributed by atoms with van der Waals surface area (Å²) in [6.07, 6.45) is 3.23. The molecule has 0 radical (unpaired) electrons. The lowest BCUT2D eigenvalue weighted by atomic mass is 9.93. The lowest BCUT2D eigenvalue weighted by Crippen LogP contribution is -2.37. The second kappa shape index (κ2) is 7.40. The number of hydrogen-bond donors (Lipinski definition) is 1. The van der Waals surface area contributed by atoms with Crippen LogP contribution in [0.15, 0.2) is 59.1 Å². The van der Waals surface area contributed by atoms with E-state index in [9.17, 15) is 5.11 Å². The molecule has 1 N–H and O–H groups in total. The van der Waals surface area contributed by atoms with Crippen LogP contribution in [-0.4, -0.2) is 23.1 Å². The van der Waals surface area contributed by atoms with Crippen LogP contribution in [0.3, 0.4) is 0 Å². The first-order chi connectivity index (χ1) is 10.8. The second-order valence-electron chi connectivity index (χ2n) is 5.95. The van der Waals surface area contributed by atoms with E-state index in [2.05, 4.69) is 45.1 Å². The Morgan fingerprint density at radius 1 is 0.818 bits per heavy atom. The predicted molar refractivity (Wildman–Crippen MR) is 93.7 cm³/mol. The monoisotopic (exact) mass is 359 g/mol. The van der Waals surface area contributed by atoms with Crippen molar-refractivity contribution in [3.63, 3.8) is 0 Å². The molecule has 0 bridgehead atoms. The molecule has 0 unspecified atom stereocenters. The van der Waals surface area contributed by atoms with Crippen LogP contribution in [0, 0.1) is 0 Å². The third-order valence-electron chi connectivity index (χ3n) is 4.44. The van der Waals surface area contributed by atoms with Crippen LogP contribution in [0.4, 0.5) is 0 Å². The summed E-state index contributed by atoms with van der Waals surface area (Å²) in [6, 6.07) is 18.4. The van der Waals surface area contributed by atoms with Gasteiger partial charge >= 0.3 is 0 Å². The third kappa shape index (κ3) is 3.60. The van der Waals surface area contributed by atoms with Gasteiger partial charge in [0.25, 0.3) is 0 Å². The Labute approximate surface area is 140 Å². The maximum atomic E-state index is 11.0. The van der Waals surface area contributed by atoms with Crippen molar-refractivity contribution in [2.45, 2.75) is 31.4 Å². The first kappa shape index (κ1) is 15.7. The average molecular weight is 360 g/mol. The van der Waals surface area contributed by atoms with Crippen molar-refractivity contribution in [2.75, 3.05) is 13.1 Å². The van der Waals surface area contributed by atoms with E-state index in [1.807, 2.05) is 30.3 Å². The van der Waals surface area contributed by atoms with Gasteiger partial charge in [-0.3, -0.25) is 4.90 Å². The maximum Gasteiger partial charge on any atom is 0.0986 e. The van der Waals surface area contributed by atoms with Gasteiger partial charge in [-0.15, -0.1) is 0 Å². The van der Waals surface area contributed by atoms with Crippen molar-refractivity contribution in [1.29, 1.82) is 0 Å². The number of aliphatic hydroxyl groups excluding tert-OH is 1. The standard InChI is InChI=1S/C19H22BrNO/c20-17-11-9-16(10-12-17)19(22)18(15-7-3-1-4-8-15)21-13-5-2-6-14-21/h1,3-4,7-12,18-19,22H,2,5-6,13-14H2/t18-,19+/m1/s1. The average Bonchev–Trinajstić information content (AvgIpc) is 2.57. The first-order valence-corrected chi connectivity index (χ1v) is 8.77. The van der Waals surface area contributed by atoms with E-state index in [4.69, 9.17) is 0 Å². The fourth-order valence-corrected chi connectivity index (χ4v) is 3.55. The van der Waals surface area contributed by atoms with Crippen LogP contribution in [0.1, 0.15) is 42.5 Å². The highest BCUT2D eigenvalue weighted by molar-refractivity contribution is 9.10. The molecule has 22 heavy (non-hydrogen) atoms. The van der Waals surface area contributed by atoms with Crippen LogP contribution >= 0.6 is 15.9 Å². The van der Waals surface area contributed by atoms with Crippen molar-refractivity contribution >= 4 is 15.9 Å². The van der Waals surface area contributed by atoms with E-state index in [-0.39, 0.29) is 6.04 Å². The van der Waals surface area contributed by atoms with Gasteiger partial charge in [0, 0.05) is 4.47 Å². The summed E-state index contributed by atoms with van der Waals surface area (Å²) in [5.41, 5.74) is 2.17. The zero-order valence-corrected chi connectivity index (χ0v) is 14.2. The van der Waals surface area contributed by atoms with Gasteiger partial charge in [-0.05, 0) is 49.2 Å². The Balaban J connectivity index is 1.91. The Hall–Kier alpha value is -1.16.